The number of hydrogen-bond acceptors (Lipinski definition) is 5. The van der Waals surface area contributed by atoms with Gasteiger partial charge in [0.15, 0.2) is 0 Å². The molecular formula is C19H23NO4. The molecule has 0 spiro atoms. The Kier molecular flexibility index (Phi) is 5.90. The van der Waals surface area contributed by atoms with E-state index in [1.165, 1.54) is 0 Å². The third-order valence-electron chi connectivity index (χ3n) is 3.48. The number of para-hydroxylation sites is 1. The number of fused-ring (bicyclic) bond motifs is 1. The molecule has 2 rings (SSSR count). The van der Waals surface area contributed by atoms with E-state index in [1.807, 2.05) is 25.1 Å². The molecule has 0 aliphatic heterocycles. The lowest BCUT2D eigenvalue weighted by Gasteiger charge is -2.16. The zero-order valence-electron chi connectivity index (χ0n) is 14.6. The molecule has 1 aromatic heterocycles. The van der Waals surface area contributed by atoms with Crippen molar-refractivity contribution >= 4 is 22.8 Å². The van der Waals surface area contributed by atoms with E-state index >= 15 is 0 Å². The lowest BCUT2D eigenvalue weighted by molar-refractivity contribution is 0.0365. The summed E-state index contributed by atoms with van der Waals surface area (Å²) in [7, 11) is 0. The van der Waals surface area contributed by atoms with Gasteiger partial charge in [0.2, 0.25) is 0 Å². The molecule has 0 aliphatic carbocycles. The fraction of sp³-hybridized carbons (Fsp3) is 0.421. The van der Waals surface area contributed by atoms with E-state index in [0.717, 1.165) is 6.42 Å². The Morgan fingerprint density at radius 2 is 1.79 bits per heavy atom. The molecule has 1 heterocycles. The molecule has 0 saturated heterocycles. The fourth-order valence-corrected chi connectivity index (χ4v) is 2.59. The van der Waals surface area contributed by atoms with E-state index < -0.39 is 11.9 Å². The lowest BCUT2D eigenvalue weighted by Crippen LogP contribution is -2.20. The molecule has 5 heteroatoms. The van der Waals surface area contributed by atoms with Gasteiger partial charge in [0, 0.05) is 5.39 Å². The minimum Gasteiger partial charge on any atom is -0.462 e. The number of carbonyl (C=O) groups is 2. The van der Waals surface area contributed by atoms with Crippen molar-refractivity contribution in [3.05, 3.63) is 41.1 Å². The topological polar surface area (TPSA) is 65.5 Å². The van der Waals surface area contributed by atoms with Gasteiger partial charge in [0.1, 0.15) is 0 Å². The van der Waals surface area contributed by atoms with E-state index in [9.17, 15) is 9.59 Å². The summed E-state index contributed by atoms with van der Waals surface area (Å²) in [5, 5.41) is 0.603. The molecular weight excluding hydrogens is 306 g/mol. The van der Waals surface area contributed by atoms with E-state index in [2.05, 4.69) is 4.98 Å². The Morgan fingerprint density at radius 1 is 1.08 bits per heavy atom. The van der Waals surface area contributed by atoms with Gasteiger partial charge >= 0.3 is 11.9 Å². The van der Waals surface area contributed by atoms with Gasteiger partial charge in [-0.05, 0) is 33.3 Å². The van der Waals surface area contributed by atoms with Crippen LogP contribution in [0.2, 0.25) is 0 Å². The van der Waals surface area contributed by atoms with Crippen molar-refractivity contribution in [1.82, 2.24) is 4.98 Å². The summed E-state index contributed by atoms with van der Waals surface area (Å²) in [6.45, 7) is 7.52. The molecule has 0 unspecified atom stereocenters. The molecule has 24 heavy (non-hydrogen) atoms. The summed E-state index contributed by atoms with van der Waals surface area (Å²) in [6.07, 6.45) is 1.10. The fourth-order valence-electron chi connectivity index (χ4n) is 2.59. The van der Waals surface area contributed by atoms with Crippen LogP contribution < -0.4 is 0 Å². The summed E-state index contributed by atoms with van der Waals surface area (Å²) in [5.41, 5.74) is 1.72. The van der Waals surface area contributed by atoms with Crippen molar-refractivity contribution < 1.29 is 19.1 Å². The number of pyridine rings is 1. The van der Waals surface area contributed by atoms with Crippen molar-refractivity contribution in [2.24, 2.45) is 0 Å². The van der Waals surface area contributed by atoms with Crippen LogP contribution in [-0.4, -0.2) is 29.6 Å². The summed E-state index contributed by atoms with van der Waals surface area (Å²) in [5.74, 6) is -1.06. The Labute approximate surface area is 142 Å². The van der Waals surface area contributed by atoms with Crippen LogP contribution in [0.5, 0.6) is 0 Å². The molecule has 1 aromatic carbocycles. The minimum absolute atomic E-state index is 0.225. The maximum Gasteiger partial charge on any atom is 0.340 e. The smallest absolute Gasteiger partial charge is 0.340 e. The SMILES string of the molecule is CCCc1nc2ccccc2c(C(=O)OC(C)C)c1C(=O)OCC. The zero-order valence-corrected chi connectivity index (χ0v) is 14.6. The van der Waals surface area contributed by atoms with Crippen LogP contribution in [0.3, 0.4) is 0 Å². The molecule has 5 nitrogen and oxygen atoms in total. The molecule has 0 bridgehead atoms. The molecule has 0 N–H and O–H groups in total. The van der Waals surface area contributed by atoms with E-state index in [0.29, 0.717) is 23.0 Å². The first kappa shape index (κ1) is 17.9. The van der Waals surface area contributed by atoms with Gasteiger partial charge in [0.05, 0.1) is 35.0 Å². The zero-order chi connectivity index (χ0) is 17.7. The highest BCUT2D eigenvalue weighted by Crippen LogP contribution is 2.26. The van der Waals surface area contributed by atoms with E-state index in [-0.39, 0.29) is 23.8 Å². The average molecular weight is 329 g/mol. The quantitative estimate of drug-likeness (QED) is 0.751. The second kappa shape index (κ2) is 7.90. The third kappa shape index (κ3) is 3.72. The molecule has 2 aromatic rings. The van der Waals surface area contributed by atoms with Gasteiger partial charge in [-0.2, -0.15) is 0 Å². The van der Waals surface area contributed by atoms with Crippen molar-refractivity contribution in [3.63, 3.8) is 0 Å². The number of rotatable bonds is 6. The number of aromatic nitrogens is 1. The number of benzene rings is 1. The second-order valence-electron chi connectivity index (χ2n) is 5.75. The highest BCUT2D eigenvalue weighted by molar-refractivity contribution is 6.12. The monoisotopic (exact) mass is 329 g/mol. The predicted molar refractivity (Wildman–Crippen MR) is 92.2 cm³/mol. The van der Waals surface area contributed by atoms with Gasteiger partial charge < -0.3 is 9.47 Å². The number of aryl methyl sites for hydroxylation is 1. The number of nitrogens with zero attached hydrogens (tertiary/aromatic N) is 1. The average Bonchev–Trinajstić information content (AvgIpc) is 2.53. The maximum absolute atomic E-state index is 12.7. The van der Waals surface area contributed by atoms with Crippen molar-refractivity contribution in [2.45, 2.75) is 46.6 Å². The van der Waals surface area contributed by atoms with Gasteiger partial charge in [-0.25, -0.2) is 9.59 Å². The predicted octanol–water partition coefficient (Wildman–Crippen LogP) is 3.93. The van der Waals surface area contributed by atoms with E-state index in [4.69, 9.17) is 9.47 Å². The Bertz CT molecular complexity index is 752. The van der Waals surface area contributed by atoms with Crippen LogP contribution >= 0.6 is 0 Å². The van der Waals surface area contributed by atoms with Gasteiger partial charge in [-0.15, -0.1) is 0 Å². The van der Waals surface area contributed by atoms with Crippen molar-refractivity contribution in [2.75, 3.05) is 6.61 Å². The maximum atomic E-state index is 12.7. The Balaban J connectivity index is 2.77. The number of esters is 2. The molecule has 0 atom stereocenters. The molecule has 0 radical (unpaired) electrons. The number of hydrogen-bond donors (Lipinski definition) is 0. The molecule has 0 aliphatic rings. The van der Waals surface area contributed by atoms with Crippen LogP contribution in [0.25, 0.3) is 10.9 Å². The normalized spacial score (nSPS) is 10.9. The summed E-state index contributed by atoms with van der Waals surface area (Å²) >= 11 is 0. The highest BCUT2D eigenvalue weighted by atomic mass is 16.5. The van der Waals surface area contributed by atoms with Crippen LogP contribution in [0.15, 0.2) is 24.3 Å². The highest BCUT2D eigenvalue weighted by Gasteiger charge is 2.27. The van der Waals surface area contributed by atoms with Crippen LogP contribution in [0.4, 0.5) is 0 Å². The van der Waals surface area contributed by atoms with Gasteiger partial charge in [-0.1, -0.05) is 31.5 Å². The van der Waals surface area contributed by atoms with Gasteiger partial charge in [0.25, 0.3) is 0 Å². The molecule has 0 fully saturated rings. The van der Waals surface area contributed by atoms with Gasteiger partial charge in [-0.3, -0.25) is 4.98 Å². The first-order chi connectivity index (χ1) is 11.5. The van der Waals surface area contributed by atoms with Crippen molar-refractivity contribution in [1.29, 1.82) is 0 Å². The number of ether oxygens (including phenoxy) is 2. The van der Waals surface area contributed by atoms with E-state index in [1.54, 1.807) is 26.8 Å². The van der Waals surface area contributed by atoms with Crippen LogP contribution in [0, 0.1) is 0 Å². The minimum atomic E-state index is -0.532. The number of carbonyl (C=O) groups excluding carboxylic acids is 2. The van der Waals surface area contributed by atoms with Crippen LogP contribution in [0.1, 0.15) is 60.5 Å². The second-order valence-corrected chi connectivity index (χ2v) is 5.75. The first-order valence-electron chi connectivity index (χ1n) is 8.29. The summed E-state index contributed by atoms with van der Waals surface area (Å²) in [6, 6.07) is 7.27. The largest absolute Gasteiger partial charge is 0.462 e. The Morgan fingerprint density at radius 3 is 2.42 bits per heavy atom. The summed E-state index contributed by atoms with van der Waals surface area (Å²) in [4.78, 5) is 29.8. The van der Waals surface area contributed by atoms with Crippen LogP contribution in [-0.2, 0) is 15.9 Å². The third-order valence-corrected chi connectivity index (χ3v) is 3.48. The molecule has 0 saturated carbocycles. The Hall–Kier alpha value is -2.43. The molecule has 0 amide bonds. The van der Waals surface area contributed by atoms with Crippen molar-refractivity contribution in [3.8, 4) is 0 Å². The first-order valence-corrected chi connectivity index (χ1v) is 8.29. The standard InChI is InChI=1S/C19H23NO4/c1-5-9-15-17(18(21)23-6-2)16(19(22)24-12(3)4)13-10-7-8-11-14(13)20-15/h7-8,10-12H,5-6,9H2,1-4H3. The lowest BCUT2D eigenvalue weighted by atomic mass is 9.98. The molecule has 128 valence electrons. The summed E-state index contributed by atoms with van der Waals surface area (Å²) < 4.78 is 10.5.